The second-order valence-electron chi connectivity index (χ2n) is 3.61. The molecule has 7 nitrogen and oxygen atoms in total. The summed E-state index contributed by atoms with van der Waals surface area (Å²) in [6, 6.07) is 0. The third-order valence-electron chi connectivity index (χ3n) is 2.51. The molecule has 0 bridgehead atoms. The number of aromatic nitrogens is 2. The highest BCUT2D eigenvalue weighted by Gasteiger charge is 2.30. The largest absolute Gasteiger partial charge is 0.391 e. The van der Waals surface area contributed by atoms with E-state index in [4.69, 9.17) is 10.8 Å². The molecule has 2 rings (SSSR count). The molecule has 5 N–H and O–H groups in total. The van der Waals surface area contributed by atoms with Gasteiger partial charge < -0.3 is 21.1 Å². The molecule has 0 aliphatic heterocycles. The molecular formula is C10H11N3O4. The van der Waals surface area contributed by atoms with Crippen molar-refractivity contribution < 1.29 is 20.1 Å². The summed E-state index contributed by atoms with van der Waals surface area (Å²) >= 11 is 0. The number of aliphatic hydroxyl groups is 3. The van der Waals surface area contributed by atoms with Gasteiger partial charge in [0.1, 0.15) is 24.2 Å². The summed E-state index contributed by atoms with van der Waals surface area (Å²) in [5, 5.41) is 28.2. The molecule has 0 aromatic carbocycles. The highest BCUT2D eigenvalue weighted by atomic mass is 16.3. The fourth-order valence-corrected chi connectivity index (χ4v) is 1.58. The number of amides is 1. The lowest BCUT2D eigenvalue weighted by atomic mass is 10.1. The molecule has 0 saturated heterocycles. The summed E-state index contributed by atoms with van der Waals surface area (Å²) in [6.07, 6.45) is 0.182. The minimum atomic E-state index is -1.22. The number of carbonyl (C=O) groups is 1. The molecule has 1 aromatic heterocycles. The maximum atomic E-state index is 10.9. The zero-order valence-corrected chi connectivity index (χ0v) is 8.74. The van der Waals surface area contributed by atoms with Gasteiger partial charge in [0, 0.05) is 11.8 Å². The molecule has 1 amide bonds. The van der Waals surface area contributed by atoms with Crippen LogP contribution in [0.15, 0.2) is 23.8 Å². The molecule has 0 saturated carbocycles. The van der Waals surface area contributed by atoms with Gasteiger partial charge in [-0.2, -0.15) is 0 Å². The van der Waals surface area contributed by atoms with Gasteiger partial charge in [-0.1, -0.05) is 5.73 Å². The van der Waals surface area contributed by atoms with E-state index in [1.165, 1.54) is 17.1 Å². The van der Waals surface area contributed by atoms with Crippen LogP contribution in [0.3, 0.4) is 0 Å². The summed E-state index contributed by atoms with van der Waals surface area (Å²) in [4.78, 5) is 14.6. The van der Waals surface area contributed by atoms with E-state index in [-0.39, 0.29) is 17.0 Å². The fraction of sp³-hybridized carbons (Fsp3) is 0.300. The van der Waals surface area contributed by atoms with Gasteiger partial charge in [0.25, 0.3) is 5.91 Å². The van der Waals surface area contributed by atoms with Crippen molar-refractivity contribution in [3.05, 3.63) is 29.5 Å². The molecule has 7 heteroatoms. The molecule has 1 aliphatic rings. The van der Waals surface area contributed by atoms with Crippen LogP contribution in [-0.2, 0) is 0 Å². The predicted molar refractivity (Wildman–Crippen MR) is 56.6 cm³/mol. The van der Waals surface area contributed by atoms with Crippen LogP contribution in [0.25, 0.3) is 5.70 Å². The topological polar surface area (TPSA) is 122 Å². The van der Waals surface area contributed by atoms with E-state index in [0.717, 1.165) is 0 Å². The molecule has 0 radical (unpaired) electrons. The molecule has 1 aromatic rings. The smallest absolute Gasteiger partial charge is 0.268 e. The molecular weight excluding hydrogens is 226 g/mol. The van der Waals surface area contributed by atoms with Gasteiger partial charge in [-0.3, -0.25) is 9.36 Å². The third-order valence-corrected chi connectivity index (χ3v) is 2.51. The first-order chi connectivity index (χ1) is 8.04. The lowest BCUT2D eigenvalue weighted by Crippen LogP contribution is -2.27. The van der Waals surface area contributed by atoms with Crippen molar-refractivity contribution in [1.82, 2.24) is 9.55 Å². The van der Waals surface area contributed by atoms with E-state index in [1.54, 1.807) is 0 Å². The Balaban J connectivity index is 2.40. The second kappa shape index (κ2) is 4.15. The molecule has 0 spiro atoms. The SMILES string of the molecule is NC(=O)c1cn(C2=C=C(CO)C(O)C2O)cn1. The van der Waals surface area contributed by atoms with E-state index < -0.39 is 24.7 Å². The van der Waals surface area contributed by atoms with Gasteiger partial charge in [-0.05, 0) is 0 Å². The van der Waals surface area contributed by atoms with Crippen molar-refractivity contribution in [1.29, 1.82) is 0 Å². The fourth-order valence-electron chi connectivity index (χ4n) is 1.58. The Morgan fingerprint density at radius 2 is 2.24 bits per heavy atom. The molecule has 2 unspecified atom stereocenters. The van der Waals surface area contributed by atoms with E-state index in [0.29, 0.717) is 0 Å². The Hall–Kier alpha value is -1.92. The number of primary amides is 1. The highest BCUT2D eigenvalue weighted by Crippen LogP contribution is 2.23. The Labute approximate surface area is 96.1 Å². The molecule has 0 fully saturated rings. The number of nitrogens with zero attached hydrogens (tertiary/aromatic N) is 2. The van der Waals surface area contributed by atoms with Gasteiger partial charge in [-0.15, -0.1) is 0 Å². The van der Waals surface area contributed by atoms with Gasteiger partial charge in [0.15, 0.2) is 0 Å². The average molecular weight is 237 g/mol. The van der Waals surface area contributed by atoms with Crippen molar-refractivity contribution in [2.24, 2.45) is 5.73 Å². The zero-order valence-electron chi connectivity index (χ0n) is 8.74. The maximum Gasteiger partial charge on any atom is 0.268 e. The lowest BCUT2D eigenvalue weighted by molar-refractivity contribution is 0.0740. The minimum absolute atomic E-state index is 0.0402. The van der Waals surface area contributed by atoms with Gasteiger partial charge in [0.05, 0.1) is 12.3 Å². The predicted octanol–water partition coefficient (Wildman–Crippen LogP) is -1.92. The Morgan fingerprint density at radius 3 is 2.71 bits per heavy atom. The van der Waals surface area contributed by atoms with Gasteiger partial charge in [0.2, 0.25) is 0 Å². The van der Waals surface area contributed by atoms with Crippen LogP contribution in [0.5, 0.6) is 0 Å². The normalized spacial score (nSPS) is 23.5. The van der Waals surface area contributed by atoms with Gasteiger partial charge >= 0.3 is 0 Å². The summed E-state index contributed by atoms with van der Waals surface area (Å²) in [7, 11) is 0. The Morgan fingerprint density at radius 1 is 1.53 bits per heavy atom. The van der Waals surface area contributed by atoms with E-state index in [2.05, 4.69) is 10.7 Å². The molecule has 1 aliphatic carbocycles. The molecule has 90 valence electrons. The van der Waals surface area contributed by atoms with Crippen molar-refractivity contribution in [2.75, 3.05) is 6.61 Å². The first kappa shape index (κ1) is 11.6. The zero-order chi connectivity index (χ0) is 12.6. The standard InChI is InChI=1S/C10H11N3O4/c11-10(17)6-2-13(4-12-6)7-1-5(3-14)8(15)9(7)16/h2,4,8-9,14-16H,3H2,(H2,11,17). The summed E-state index contributed by atoms with van der Waals surface area (Å²) in [6.45, 7) is -0.404. The van der Waals surface area contributed by atoms with Gasteiger partial charge in [-0.25, -0.2) is 4.98 Å². The first-order valence-electron chi connectivity index (χ1n) is 4.85. The number of nitrogens with two attached hydrogens (primary N) is 1. The van der Waals surface area contributed by atoms with Crippen LogP contribution < -0.4 is 5.73 Å². The maximum absolute atomic E-state index is 10.9. The molecule has 2 atom stereocenters. The first-order valence-corrected chi connectivity index (χ1v) is 4.85. The van der Waals surface area contributed by atoms with Crippen molar-refractivity contribution in [3.63, 3.8) is 0 Å². The average Bonchev–Trinajstić information content (AvgIpc) is 2.87. The van der Waals surface area contributed by atoms with Crippen LogP contribution in [-0.4, -0.2) is 49.6 Å². The summed E-state index contributed by atoms with van der Waals surface area (Å²) in [5.74, 6) is -0.691. The third kappa shape index (κ3) is 1.88. The number of hydrogen-bond donors (Lipinski definition) is 4. The number of hydrogen-bond acceptors (Lipinski definition) is 5. The number of aliphatic hydroxyl groups excluding tert-OH is 3. The number of imidazole rings is 1. The quantitative estimate of drug-likeness (QED) is 0.456. The lowest BCUT2D eigenvalue weighted by Gasteiger charge is -2.14. The van der Waals surface area contributed by atoms with Crippen molar-refractivity contribution in [3.8, 4) is 0 Å². The molecule has 1 heterocycles. The van der Waals surface area contributed by atoms with Crippen molar-refractivity contribution in [2.45, 2.75) is 12.2 Å². The monoisotopic (exact) mass is 237 g/mol. The number of carbonyl (C=O) groups excluding carboxylic acids is 1. The van der Waals surface area contributed by atoms with Crippen LogP contribution in [0.2, 0.25) is 0 Å². The van der Waals surface area contributed by atoms with Crippen LogP contribution in [0.1, 0.15) is 10.5 Å². The van der Waals surface area contributed by atoms with Crippen LogP contribution in [0, 0.1) is 0 Å². The highest BCUT2D eigenvalue weighted by molar-refractivity contribution is 5.90. The summed E-state index contributed by atoms with van der Waals surface area (Å²) in [5.41, 5.74) is 8.13. The van der Waals surface area contributed by atoms with E-state index >= 15 is 0 Å². The van der Waals surface area contributed by atoms with Crippen LogP contribution in [0.4, 0.5) is 0 Å². The Kier molecular flexibility index (Phi) is 2.83. The second-order valence-corrected chi connectivity index (χ2v) is 3.61. The minimum Gasteiger partial charge on any atom is -0.391 e. The van der Waals surface area contributed by atoms with Crippen molar-refractivity contribution >= 4 is 11.6 Å². The van der Waals surface area contributed by atoms with Crippen LogP contribution >= 0.6 is 0 Å². The van der Waals surface area contributed by atoms with E-state index in [9.17, 15) is 15.0 Å². The summed E-state index contributed by atoms with van der Waals surface area (Å²) < 4.78 is 1.33. The van der Waals surface area contributed by atoms with E-state index in [1.807, 2.05) is 0 Å². The number of rotatable bonds is 3. The molecule has 17 heavy (non-hydrogen) atoms. The Bertz CT molecular complexity index is 527.